The highest BCUT2D eigenvalue weighted by molar-refractivity contribution is 5.62. The zero-order chi connectivity index (χ0) is 16.2. The largest absolute Gasteiger partial charge is 0.379 e. The Bertz CT molecular complexity index is 843. The molecule has 0 fully saturated rings. The third-order valence-corrected chi connectivity index (χ3v) is 3.63. The normalized spacial score (nSPS) is 10.8. The molecule has 0 aliphatic heterocycles. The Morgan fingerprint density at radius 2 is 2.13 bits per heavy atom. The van der Waals surface area contributed by atoms with E-state index < -0.39 is 0 Å². The molecule has 0 aliphatic rings. The summed E-state index contributed by atoms with van der Waals surface area (Å²) in [4.78, 5) is 10.7. The third kappa shape index (κ3) is 3.28. The Kier molecular flexibility index (Phi) is 4.18. The number of fused-ring (bicyclic) bond motifs is 1. The molecule has 1 aromatic carbocycles. The van der Waals surface area contributed by atoms with Crippen molar-refractivity contribution in [2.45, 2.75) is 19.8 Å². The van der Waals surface area contributed by atoms with Crippen molar-refractivity contribution in [2.24, 2.45) is 0 Å². The van der Waals surface area contributed by atoms with Crippen LogP contribution in [-0.2, 0) is 6.42 Å². The lowest BCUT2D eigenvalue weighted by Crippen LogP contribution is -2.06. The maximum absolute atomic E-state index is 11.1. The molecule has 0 saturated carbocycles. The van der Waals surface area contributed by atoms with Crippen molar-refractivity contribution in [3.63, 3.8) is 0 Å². The van der Waals surface area contributed by atoms with Crippen LogP contribution in [0.4, 0.5) is 11.4 Å². The fourth-order valence-corrected chi connectivity index (χ4v) is 2.47. The van der Waals surface area contributed by atoms with Crippen molar-refractivity contribution in [2.75, 3.05) is 11.9 Å². The van der Waals surface area contributed by atoms with Gasteiger partial charge in [-0.3, -0.25) is 14.5 Å². The highest BCUT2D eigenvalue weighted by Crippen LogP contribution is 2.25. The van der Waals surface area contributed by atoms with Crippen LogP contribution in [0, 0.1) is 17.0 Å². The number of benzene rings is 1. The molecule has 118 valence electrons. The summed E-state index contributed by atoms with van der Waals surface area (Å²) in [7, 11) is 0. The summed E-state index contributed by atoms with van der Waals surface area (Å²) in [6.45, 7) is 2.47. The monoisotopic (exact) mass is 311 g/mol. The molecule has 7 nitrogen and oxygen atoms in total. The van der Waals surface area contributed by atoms with Crippen LogP contribution in [0.3, 0.4) is 0 Å². The first-order chi connectivity index (χ1) is 11.1. The number of rotatable bonds is 6. The van der Waals surface area contributed by atoms with E-state index in [2.05, 4.69) is 15.5 Å². The summed E-state index contributed by atoms with van der Waals surface area (Å²) >= 11 is 0. The molecule has 0 spiro atoms. The number of aromatic nitrogens is 3. The highest BCUT2D eigenvalue weighted by Gasteiger charge is 2.13. The van der Waals surface area contributed by atoms with Crippen LogP contribution in [0.15, 0.2) is 42.6 Å². The predicted molar refractivity (Wildman–Crippen MR) is 87.6 cm³/mol. The minimum absolute atomic E-state index is 0.109. The number of hydrogen-bond donors (Lipinski definition) is 1. The Morgan fingerprint density at radius 3 is 2.96 bits per heavy atom. The molecule has 23 heavy (non-hydrogen) atoms. The fourth-order valence-electron chi connectivity index (χ4n) is 2.47. The molecule has 2 heterocycles. The Hall–Kier alpha value is -2.96. The van der Waals surface area contributed by atoms with Gasteiger partial charge in [0, 0.05) is 25.2 Å². The van der Waals surface area contributed by atoms with E-state index in [0.29, 0.717) is 12.2 Å². The van der Waals surface area contributed by atoms with Crippen molar-refractivity contribution >= 4 is 17.0 Å². The average Bonchev–Trinajstić information content (AvgIpc) is 2.96. The molecule has 7 heteroatoms. The van der Waals surface area contributed by atoms with Crippen LogP contribution in [0.25, 0.3) is 5.65 Å². The Labute approximate surface area is 133 Å². The van der Waals surface area contributed by atoms with Crippen molar-refractivity contribution in [3.8, 4) is 0 Å². The van der Waals surface area contributed by atoms with Gasteiger partial charge in [-0.05, 0) is 37.1 Å². The van der Waals surface area contributed by atoms with Crippen molar-refractivity contribution in [1.29, 1.82) is 0 Å². The average molecular weight is 311 g/mol. The van der Waals surface area contributed by atoms with Crippen LogP contribution < -0.4 is 5.32 Å². The number of hydrogen-bond acceptors (Lipinski definition) is 5. The van der Waals surface area contributed by atoms with Crippen LogP contribution in [0.1, 0.15) is 17.8 Å². The lowest BCUT2D eigenvalue weighted by atomic mass is 10.2. The zero-order valence-corrected chi connectivity index (χ0v) is 12.8. The number of nitro benzene ring substituents is 1. The second-order valence-electron chi connectivity index (χ2n) is 5.35. The van der Waals surface area contributed by atoms with Gasteiger partial charge in [0.05, 0.1) is 4.92 Å². The second-order valence-corrected chi connectivity index (χ2v) is 5.35. The topological polar surface area (TPSA) is 85.4 Å². The fraction of sp³-hybridized carbons (Fsp3) is 0.250. The maximum atomic E-state index is 11.1. The van der Waals surface area contributed by atoms with Crippen molar-refractivity contribution in [3.05, 3.63) is 64.1 Å². The second kappa shape index (κ2) is 6.43. The summed E-state index contributed by atoms with van der Waals surface area (Å²) in [5.41, 5.74) is 2.35. The predicted octanol–water partition coefficient (Wildman–Crippen LogP) is 2.99. The van der Waals surface area contributed by atoms with Gasteiger partial charge in [-0.15, -0.1) is 10.2 Å². The standard InChI is InChI=1S/C16H17N5O2/c1-12-7-8-13(14(11-12)21(22)23)17-9-4-6-16-19-18-15-5-2-3-10-20(15)16/h2-3,5,7-8,10-11,17H,4,6,9H2,1H3. The summed E-state index contributed by atoms with van der Waals surface area (Å²) in [5.74, 6) is 0.890. The number of anilines is 1. The smallest absolute Gasteiger partial charge is 0.292 e. The Morgan fingerprint density at radius 1 is 1.26 bits per heavy atom. The van der Waals surface area contributed by atoms with E-state index >= 15 is 0 Å². The summed E-state index contributed by atoms with van der Waals surface area (Å²) in [6, 6.07) is 11.0. The van der Waals surface area contributed by atoms with Gasteiger partial charge in [0.2, 0.25) is 0 Å². The first-order valence-electron chi connectivity index (χ1n) is 7.43. The van der Waals surface area contributed by atoms with E-state index in [1.54, 1.807) is 12.1 Å². The van der Waals surface area contributed by atoms with Gasteiger partial charge < -0.3 is 5.32 Å². The zero-order valence-electron chi connectivity index (χ0n) is 12.8. The number of pyridine rings is 1. The van der Waals surface area contributed by atoms with Crippen LogP contribution >= 0.6 is 0 Å². The lowest BCUT2D eigenvalue weighted by Gasteiger charge is -2.07. The number of nitrogens with one attached hydrogen (secondary N) is 1. The molecule has 2 aromatic heterocycles. The molecule has 0 amide bonds. The molecule has 0 bridgehead atoms. The molecule has 3 aromatic rings. The van der Waals surface area contributed by atoms with E-state index in [0.717, 1.165) is 29.9 Å². The van der Waals surface area contributed by atoms with E-state index in [1.807, 2.05) is 41.8 Å². The van der Waals surface area contributed by atoms with Crippen LogP contribution in [0.5, 0.6) is 0 Å². The summed E-state index contributed by atoms with van der Waals surface area (Å²) in [5, 5.41) is 22.5. The minimum atomic E-state index is -0.360. The van der Waals surface area contributed by atoms with Gasteiger partial charge in [-0.25, -0.2) is 0 Å². The molecule has 0 unspecified atom stereocenters. The summed E-state index contributed by atoms with van der Waals surface area (Å²) in [6.07, 6.45) is 3.49. The van der Waals surface area contributed by atoms with Gasteiger partial charge in [-0.1, -0.05) is 12.1 Å². The van der Waals surface area contributed by atoms with Gasteiger partial charge in [-0.2, -0.15) is 0 Å². The van der Waals surface area contributed by atoms with Gasteiger partial charge in [0.1, 0.15) is 11.5 Å². The molecule has 0 atom stereocenters. The number of nitro groups is 1. The molecular weight excluding hydrogens is 294 g/mol. The van der Waals surface area contributed by atoms with Gasteiger partial charge in [0.25, 0.3) is 5.69 Å². The van der Waals surface area contributed by atoms with E-state index in [9.17, 15) is 10.1 Å². The number of aryl methyl sites for hydroxylation is 2. The third-order valence-electron chi connectivity index (χ3n) is 3.63. The molecule has 1 N–H and O–H groups in total. The van der Waals surface area contributed by atoms with E-state index in [4.69, 9.17) is 0 Å². The minimum Gasteiger partial charge on any atom is -0.379 e. The summed E-state index contributed by atoms with van der Waals surface area (Å²) < 4.78 is 1.95. The first kappa shape index (κ1) is 15.0. The molecule has 0 aliphatic carbocycles. The van der Waals surface area contributed by atoms with Crippen LogP contribution in [0.2, 0.25) is 0 Å². The van der Waals surface area contributed by atoms with Crippen molar-refractivity contribution < 1.29 is 4.92 Å². The molecule has 3 rings (SSSR count). The van der Waals surface area contributed by atoms with Crippen LogP contribution in [-0.4, -0.2) is 26.1 Å². The highest BCUT2D eigenvalue weighted by atomic mass is 16.6. The van der Waals surface area contributed by atoms with Crippen molar-refractivity contribution in [1.82, 2.24) is 14.6 Å². The van der Waals surface area contributed by atoms with Gasteiger partial charge >= 0.3 is 0 Å². The maximum Gasteiger partial charge on any atom is 0.292 e. The molecule has 0 saturated heterocycles. The first-order valence-corrected chi connectivity index (χ1v) is 7.43. The number of nitrogens with zero attached hydrogens (tertiary/aromatic N) is 4. The quantitative estimate of drug-likeness (QED) is 0.430. The molecular formula is C16H17N5O2. The molecule has 0 radical (unpaired) electrons. The lowest BCUT2D eigenvalue weighted by molar-refractivity contribution is -0.384. The SMILES string of the molecule is Cc1ccc(NCCCc2nnc3ccccn23)c([N+](=O)[O-])c1. The van der Waals surface area contributed by atoms with Gasteiger partial charge in [0.15, 0.2) is 5.65 Å². The Balaban J connectivity index is 1.61. The van der Waals surface area contributed by atoms with E-state index in [1.165, 1.54) is 0 Å². The van der Waals surface area contributed by atoms with E-state index in [-0.39, 0.29) is 10.6 Å².